The normalized spacial score (nSPS) is 15.4. The summed E-state index contributed by atoms with van der Waals surface area (Å²) in [6.07, 6.45) is -4.19. The van der Waals surface area contributed by atoms with Gasteiger partial charge in [-0.1, -0.05) is 19.6 Å². The first kappa shape index (κ1) is 36.0. The average molecular weight is 655 g/mol. The van der Waals surface area contributed by atoms with Gasteiger partial charge in [0.15, 0.2) is 11.3 Å². The van der Waals surface area contributed by atoms with Crippen molar-refractivity contribution in [1.29, 1.82) is 5.26 Å². The summed E-state index contributed by atoms with van der Waals surface area (Å²) in [5.74, 6) is -0.137. The lowest BCUT2D eigenvalue weighted by Gasteiger charge is -2.36. The number of hydrogen-bond donors (Lipinski definition) is 0. The number of methoxy groups -OCH3 is 1. The van der Waals surface area contributed by atoms with Gasteiger partial charge in [-0.15, -0.1) is 0 Å². The van der Waals surface area contributed by atoms with Crippen molar-refractivity contribution >= 4 is 19.8 Å². The van der Waals surface area contributed by atoms with Gasteiger partial charge >= 0.3 is 6.18 Å². The summed E-state index contributed by atoms with van der Waals surface area (Å²) in [7, 11) is -0.0692. The average Bonchev–Trinajstić information content (AvgIpc) is 2.98. The van der Waals surface area contributed by atoms with Crippen LogP contribution in [0, 0.1) is 11.3 Å². The number of hydrogen-bond acceptors (Lipinski definition) is 10. The summed E-state index contributed by atoms with van der Waals surface area (Å²) < 4.78 is 64.4. The standard InChI is InChI=1S/C29H41F3N6O6Si/c1-21(14-26(39)37-10-8-36(9-11-37)25-7-6-22(15-33)16-34-25)43-19-23(18-41-2)44-24-17-35-38(20-42-12-13-45(3,4)5)28(40)27(24)29(30,31)32/h6-7,16-17,21,23H,8-14,18-20H2,1-5H3. The van der Waals surface area contributed by atoms with E-state index in [1.165, 1.54) is 13.3 Å². The van der Waals surface area contributed by atoms with E-state index in [4.69, 9.17) is 24.2 Å². The molecular weight excluding hydrogens is 613 g/mol. The van der Waals surface area contributed by atoms with Crippen LogP contribution in [-0.2, 0) is 31.9 Å². The lowest BCUT2D eigenvalue weighted by atomic mass is 10.2. The number of nitriles is 1. The highest BCUT2D eigenvalue weighted by Gasteiger charge is 2.40. The highest BCUT2D eigenvalue weighted by atomic mass is 28.3. The Morgan fingerprint density at radius 3 is 2.42 bits per heavy atom. The van der Waals surface area contributed by atoms with Crippen LogP contribution < -0.4 is 15.2 Å². The molecule has 0 radical (unpaired) electrons. The van der Waals surface area contributed by atoms with E-state index in [1.807, 2.05) is 11.0 Å². The third-order valence-electron chi connectivity index (χ3n) is 7.01. The number of carbonyl (C=O) groups excluding carboxylic acids is 1. The molecule has 12 nitrogen and oxygen atoms in total. The summed E-state index contributed by atoms with van der Waals surface area (Å²) >= 11 is 0. The number of amides is 1. The van der Waals surface area contributed by atoms with E-state index in [9.17, 15) is 22.8 Å². The molecule has 0 bridgehead atoms. The zero-order valence-electron chi connectivity index (χ0n) is 26.3. The van der Waals surface area contributed by atoms with E-state index >= 15 is 0 Å². The smallest absolute Gasteiger partial charge is 0.425 e. The minimum atomic E-state index is -5.01. The Labute approximate surface area is 261 Å². The number of alkyl halides is 3. The van der Waals surface area contributed by atoms with Crippen molar-refractivity contribution in [2.45, 2.75) is 64.1 Å². The van der Waals surface area contributed by atoms with Crippen molar-refractivity contribution in [2.75, 3.05) is 58.0 Å². The van der Waals surface area contributed by atoms with Gasteiger partial charge in [-0.25, -0.2) is 9.67 Å². The molecule has 2 aromatic heterocycles. The molecule has 1 fully saturated rings. The first-order chi connectivity index (χ1) is 21.2. The maximum atomic E-state index is 14.0. The molecule has 16 heteroatoms. The van der Waals surface area contributed by atoms with Gasteiger partial charge in [0.1, 0.15) is 24.7 Å². The summed E-state index contributed by atoms with van der Waals surface area (Å²) in [4.78, 5) is 33.7. The topological polar surface area (TPSA) is 132 Å². The number of ether oxygens (including phenoxy) is 4. The van der Waals surface area contributed by atoms with E-state index in [2.05, 4.69) is 29.7 Å². The van der Waals surface area contributed by atoms with Gasteiger partial charge in [-0.2, -0.15) is 23.5 Å². The van der Waals surface area contributed by atoms with Crippen molar-refractivity contribution < 1.29 is 36.9 Å². The van der Waals surface area contributed by atoms with Crippen LogP contribution in [0.3, 0.4) is 0 Å². The second-order valence-corrected chi connectivity index (χ2v) is 17.6. The monoisotopic (exact) mass is 654 g/mol. The largest absolute Gasteiger partial charge is 0.483 e. The first-order valence-electron chi connectivity index (χ1n) is 14.6. The summed E-state index contributed by atoms with van der Waals surface area (Å²) in [6.45, 7) is 9.75. The molecule has 2 aromatic rings. The Morgan fingerprint density at radius 1 is 1.13 bits per heavy atom. The molecule has 2 atom stereocenters. The van der Waals surface area contributed by atoms with Crippen LogP contribution in [0.15, 0.2) is 29.3 Å². The molecule has 1 amide bonds. The summed E-state index contributed by atoms with van der Waals surface area (Å²) in [6, 6.07) is 6.28. The predicted molar refractivity (Wildman–Crippen MR) is 162 cm³/mol. The number of pyridine rings is 1. The second-order valence-electron chi connectivity index (χ2n) is 12.0. The third-order valence-corrected chi connectivity index (χ3v) is 8.71. The molecular formula is C29H41F3N6O6Si. The SMILES string of the molecule is COCC(COC(C)CC(=O)N1CCN(c2ccc(C#N)cn2)CC1)Oc1cnn(COCC[Si](C)(C)C)c(=O)c1C(F)(F)F. The Balaban J connectivity index is 1.55. The number of nitrogens with zero attached hydrogens (tertiary/aromatic N) is 6. The Bertz CT molecular complexity index is 1350. The van der Waals surface area contributed by atoms with Crippen molar-refractivity contribution in [2.24, 2.45) is 0 Å². The van der Waals surface area contributed by atoms with E-state index in [1.54, 1.807) is 24.0 Å². The lowest BCUT2D eigenvalue weighted by Crippen LogP contribution is -2.49. The number of piperazine rings is 1. The molecule has 248 valence electrons. The number of aromatic nitrogens is 3. The highest BCUT2D eigenvalue weighted by Crippen LogP contribution is 2.33. The maximum absolute atomic E-state index is 14.0. The molecule has 0 aromatic carbocycles. The van der Waals surface area contributed by atoms with Crippen molar-refractivity contribution in [3.63, 3.8) is 0 Å². The quantitative estimate of drug-likeness (QED) is 0.208. The number of rotatable bonds is 15. The second kappa shape index (κ2) is 16.2. The Hall–Kier alpha value is -3.52. The molecule has 1 saturated heterocycles. The first-order valence-corrected chi connectivity index (χ1v) is 18.3. The summed E-state index contributed by atoms with van der Waals surface area (Å²) in [5.41, 5.74) is -2.40. The van der Waals surface area contributed by atoms with Crippen LogP contribution in [0.5, 0.6) is 5.75 Å². The predicted octanol–water partition coefficient (Wildman–Crippen LogP) is 3.38. The fourth-order valence-electron chi connectivity index (χ4n) is 4.46. The van der Waals surface area contributed by atoms with Crippen LogP contribution in [-0.4, -0.2) is 99.0 Å². The zero-order valence-corrected chi connectivity index (χ0v) is 27.3. The third kappa shape index (κ3) is 11.1. The van der Waals surface area contributed by atoms with Crippen molar-refractivity contribution in [1.82, 2.24) is 19.7 Å². The molecule has 45 heavy (non-hydrogen) atoms. The van der Waals surface area contributed by atoms with E-state index in [-0.39, 0.29) is 25.5 Å². The molecule has 0 spiro atoms. The van der Waals surface area contributed by atoms with E-state index in [0.717, 1.165) is 18.1 Å². The molecule has 0 saturated carbocycles. The molecule has 0 N–H and O–H groups in total. The Kier molecular flexibility index (Phi) is 12.9. The van der Waals surface area contributed by atoms with Crippen molar-refractivity contribution in [3.05, 3.63) is 46.0 Å². The van der Waals surface area contributed by atoms with Crippen LogP contribution in [0.1, 0.15) is 24.5 Å². The number of halogens is 3. The van der Waals surface area contributed by atoms with E-state index in [0.29, 0.717) is 43.0 Å². The minimum Gasteiger partial charge on any atom is -0.483 e. The molecule has 3 rings (SSSR count). The lowest BCUT2D eigenvalue weighted by molar-refractivity contribution is -0.142. The number of carbonyl (C=O) groups is 1. The molecule has 2 unspecified atom stereocenters. The highest BCUT2D eigenvalue weighted by molar-refractivity contribution is 6.76. The maximum Gasteiger partial charge on any atom is 0.425 e. The fraction of sp³-hybridized carbons (Fsp3) is 0.621. The van der Waals surface area contributed by atoms with Crippen LogP contribution >= 0.6 is 0 Å². The molecule has 1 aliphatic heterocycles. The molecule has 3 heterocycles. The Morgan fingerprint density at radius 2 is 1.84 bits per heavy atom. The van der Waals surface area contributed by atoms with Crippen molar-refractivity contribution in [3.8, 4) is 11.8 Å². The van der Waals surface area contributed by atoms with Gasteiger partial charge in [0.25, 0.3) is 5.56 Å². The number of anilines is 1. The van der Waals surface area contributed by atoms with Gasteiger partial charge in [0, 0.05) is 54.2 Å². The van der Waals surface area contributed by atoms with E-state index < -0.39 is 50.1 Å². The molecule has 1 aliphatic rings. The van der Waals surface area contributed by atoms with Crippen LogP contribution in [0.25, 0.3) is 0 Å². The fourth-order valence-corrected chi connectivity index (χ4v) is 5.21. The zero-order chi connectivity index (χ0) is 33.2. The van der Waals surface area contributed by atoms with Gasteiger partial charge in [-0.05, 0) is 25.1 Å². The van der Waals surface area contributed by atoms with Gasteiger partial charge in [0.2, 0.25) is 5.91 Å². The van der Waals surface area contributed by atoms with Gasteiger partial charge in [0.05, 0.1) is 37.5 Å². The minimum absolute atomic E-state index is 0.0535. The summed E-state index contributed by atoms with van der Waals surface area (Å²) in [5, 5.41) is 12.8. The van der Waals surface area contributed by atoms with Crippen LogP contribution in [0.4, 0.5) is 19.0 Å². The van der Waals surface area contributed by atoms with Gasteiger partial charge in [-0.3, -0.25) is 9.59 Å². The molecule has 0 aliphatic carbocycles. The van der Waals surface area contributed by atoms with Gasteiger partial charge < -0.3 is 28.7 Å². The van der Waals surface area contributed by atoms with Crippen LogP contribution in [0.2, 0.25) is 25.7 Å².